The average Bonchev–Trinajstić information content (AvgIpc) is 2.81. The quantitative estimate of drug-likeness (QED) is 0.906. The lowest BCUT2D eigenvalue weighted by atomic mass is 10.2. The van der Waals surface area contributed by atoms with E-state index in [-0.39, 0.29) is 24.4 Å². The van der Waals surface area contributed by atoms with E-state index in [1.165, 1.54) is 0 Å². The lowest BCUT2D eigenvalue weighted by Gasteiger charge is -2.09. The second-order valence-corrected chi connectivity index (χ2v) is 4.50. The highest BCUT2D eigenvalue weighted by molar-refractivity contribution is 5.96. The molecular weight excluding hydrogens is 264 g/mol. The minimum absolute atomic E-state index is 0. The van der Waals surface area contributed by atoms with Crippen LogP contribution in [0.2, 0.25) is 0 Å². The second kappa shape index (κ2) is 6.59. The number of carbonyl (C=O) groups excluding carboxylic acids is 1. The van der Waals surface area contributed by atoms with Crippen LogP contribution in [0.5, 0.6) is 0 Å². The molecule has 0 fully saturated rings. The summed E-state index contributed by atoms with van der Waals surface area (Å²) in [5, 5.41) is 6.86. The first-order chi connectivity index (χ1) is 8.61. The van der Waals surface area contributed by atoms with Crippen molar-refractivity contribution in [1.82, 2.24) is 10.6 Å². The van der Waals surface area contributed by atoms with Crippen molar-refractivity contribution in [3.8, 4) is 0 Å². The number of halogens is 1. The Hall–Kier alpha value is -1.52. The van der Waals surface area contributed by atoms with Crippen molar-refractivity contribution in [2.75, 3.05) is 13.6 Å². The van der Waals surface area contributed by atoms with E-state index in [1.54, 1.807) is 6.07 Å². The molecule has 0 aliphatic rings. The molecule has 1 amide bonds. The number of nitrogens with one attached hydrogen (secondary N) is 2. The molecule has 2 aromatic rings. The normalized spacial score (nSPS) is 11.9. The van der Waals surface area contributed by atoms with E-state index in [1.807, 2.05) is 39.1 Å². The molecule has 2 N–H and O–H groups in total. The van der Waals surface area contributed by atoms with Gasteiger partial charge in [-0.25, -0.2) is 0 Å². The Morgan fingerprint density at radius 1 is 1.42 bits per heavy atom. The number of hydrogen-bond acceptors (Lipinski definition) is 3. The van der Waals surface area contributed by atoms with Gasteiger partial charge in [0.2, 0.25) is 0 Å². The summed E-state index contributed by atoms with van der Waals surface area (Å²) in [6.07, 6.45) is 0. The maximum absolute atomic E-state index is 11.9. The molecule has 5 heteroatoms. The molecule has 104 valence electrons. The lowest BCUT2D eigenvalue weighted by Crippen LogP contribution is -2.36. The van der Waals surface area contributed by atoms with Crippen LogP contribution in [0.15, 0.2) is 28.7 Å². The topological polar surface area (TPSA) is 54.3 Å². The Labute approximate surface area is 119 Å². The number of rotatable bonds is 4. The third kappa shape index (κ3) is 3.49. The maximum atomic E-state index is 11.9. The number of carbonyl (C=O) groups is 1. The van der Waals surface area contributed by atoms with Crippen LogP contribution in [-0.2, 0) is 0 Å². The molecule has 1 atom stereocenters. The lowest BCUT2D eigenvalue weighted by molar-refractivity contribution is 0.0925. The fourth-order valence-corrected chi connectivity index (χ4v) is 1.76. The Balaban J connectivity index is 0.00000180. The van der Waals surface area contributed by atoms with Crippen molar-refractivity contribution >= 4 is 29.3 Å². The number of furan rings is 1. The number of likely N-dealkylation sites (N-methyl/N-ethyl adjacent to an activating group) is 1. The van der Waals surface area contributed by atoms with Crippen LogP contribution < -0.4 is 10.6 Å². The van der Waals surface area contributed by atoms with E-state index in [2.05, 4.69) is 10.6 Å². The van der Waals surface area contributed by atoms with E-state index >= 15 is 0 Å². The molecule has 0 bridgehead atoms. The molecule has 0 saturated heterocycles. The molecule has 0 spiro atoms. The predicted molar refractivity (Wildman–Crippen MR) is 79.1 cm³/mol. The largest absolute Gasteiger partial charge is 0.451 e. The van der Waals surface area contributed by atoms with E-state index in [0.29, 0.717) is 12.3 Å². The van der Waals surface area contributed by atoms with Gasteiger partial charge >= 0.3 is 0 Å². The minimum Gasteiger partial charge on any atom is -0.451 e. The van der Waals surface area contributed by atoms with Crippen molar-refractivity contribution in [2.45, 2.75) is 19.9 Å². The highest BCUT2D eigenvalue weighted by atomic mass is 35.5. The van der Waals surface area contributed by atoms with Crippen molar-refractivity contribution < 1.29 is 9.21 Å². The molecule has 0 aliphatic carbocycles. The Bertz CT molecular complexity index is 566. The zero-order valence-corrected chi connectivity index (χ0v) is 12.1. The minimum atomic E-state index is -0.173. The highest BCUT2D eigenvalue weighted by Gasteiger charge is 2.13. The van der Waals surface area contributed by atoms with Gasteiger partial charge in [0.25, 0.3) is 5.91 Å². The van der Waals surface area contributed by atoms with Gasteiger partial charge in [-0.1, -0.05) is 18.2 Å². The summed E-state index contributed by atoms with van der Waals surface area (Å²) in [5.74, 6) is 0.190. The van der Waals surface area contributed by atoms with Crippen LogP contribution in [0.25, 0.3) is 11.0 Å². The monoisotopic (exact) mass is 282 g/mol. The highest BCUT2D eigenvalue weighted by Crippen LogP contribution is 2.22. The third-order valence-corrected chi connectivity index (χ3v) is 3.03. The maximum Gasteiger partial charge on any atom is 0.287 e. The van der Waals surface area contributed by atoms with Gasteiger partial charge in [-0.2, -0.15) is 0 Å². The number of para-hydroxylation sites is 1. The summed E-state index contributed by atoms with van der Waals surface area (Å²) in [6, 6.07) is 7.88. The second-order valence-electron chi connectivity index (χ2n) is 4.50. The van der Waals surface area contributed by atoms with Crippen molar-refractivity contribution in [1.29, 1.82) is 0 Å². The fraction of sp³-hybridized carbons (Fsp3) is 0.357. The van der Waals surface area contributed by atoms with Crippen molar-refractivity contribution in [3.05, 3.63) is 35.6 Å². The summed E-state index contributed by atoms with van der Waals surface area (Å²) in [6.45, 7) is 4.55. The number of aryl methyl sites for hydroxylation is 1. The predicted octanol–water partition coefficient (Wildman–Crippen LogP) is 2.50. The molecule has 1 aromatic carbocycles. The molecule has 0 saturated carbocycles. The van der Waals surface area contributed by atoms with Crippen LogP contribution >= 0.6 is 12.4 Å². The van der Waals surface area contributed by atoms with Gasteiger partial charge in [-0.15, -0.1) is 12.4 Å². The summed E-state index contributed by atoms with van der Waals surface area (Å²) in [4.78, 5) is 11.9. The van der Waals surface area contributed by atoms with E-state index in [0.717, 1.165) is 16.5 Å². The molecular formula is C14H19ClN2O2. The van der Waals surface area contributed by atoms with Gasteiger partial charge in [-0.05, 0) is 32.5 Å². The Kier molecular flexibility index (Phi) is 5.39. The Morgan fingerprint density at radius 2 is 2.16 bits per heavy atom. The van der Waals surface area contributed by atoms with E-state index < -0.39 is 0 Å². The number of amides is 1. The van der Waals surface area contributed by atoms with Gasteiger partial charge in [0.1, 0.15) is 5.58 Å². The smallest absolute Gasteiger partial charge is 0.287 e. The van der Waals surface area contributed by atoms with Gasteiger partial charge < -0.3 is 15.1 Å². The third-order valence-electron chi connectivity index (χ3n) is 3.03. The van der Waals surface area contributed by atoms with Gasteiger partial charge in [0, 0.05) is 18.0 Å². The van der Waals surface area contributed by atoms with Crippen LogP contribution in [0.3, 0.4) is 0 Å². The summed E-state index contributed by atoms with van der Waals surface area (Å²) < 4.78 is 5.59. The molecule has 19 heavy (non-hydrogen) atoms. The van der Waals surface area contributed by atoms with E-state index in [9.17, 15) is 4.79 Å². The molecule has 1 heterocycles. The van der Waals surface area contributed by atoms with Gasteiger partial charge in [-0.3, -0.25) is 4.79 Å². The molecule has 1 unspecified atom stereocenters. The van der Waals surface area contributed by atoms with Crippen LogP contribution in [0.4, 0.5) is 0 Å². The molecule has 1 aromatic heterocycles. The zero-order chi connectivity index (χ0) is 13.1. The standard InChI is InChI=1S/C14H18N2O2.ClH/c1-9-5-4-6-11-7-12(18-13(9)11)14(17)16-8-10(2)15-3;/h4-7,10,15H,8H2,1-3H3,(H,16,17);1H. The summed E-state index contributed by atoms with van der Waals surface area (Å²) in [5.41, 5.74) is 1.82. The molecule has 4 nitrogen and oxygen atoms in total. The van der Waals surface area contributed by atoms with Gasteiger partial charge in [0.05, 0.1) is 0 Å². The first-order valence-electron chi connectivity index (χ1n) is 6.06. The Morgan fingerprint density at radius 3 is 2.79 bits per heavy atom. The van der Waals surface area contributed by atoms with Crippen molar-refractivity contribution in [2.24, 2.45) is 0 Å². The zero-order valence-electron chi connectivity index (χ0n) is 11.3. The van der Waals surface area contributed by atoms with Crippen LogP contribution in [0.1, 0.15) is 23.0 Å². The number of benzene rings is 1. The first kappa shape index (κ1) is 15.5. The van der Waals surface area contributed by atoms with Crippen molar-refractivity contribution in [3.63, 3.8) is 0 Å². The fourth-order valence-electron chi connectivity index (χ4n) is 1.76. The average molecular weight is 283 g/mol. The summed E-state index contributed by atoms with van der Waals surface area (Å²) >= 11 is 0. The van der Waals surface area contributed by atoms with E-state index in [4.69, 9.17) is 4.42 Å². The molecule has 2 rings (SSSR count). The first-order valence-corrected chi connectivity index (χ1v) is 6.06. The van der Waals surface area contributed by atoms with Crippen LogP contribution in [0, 0.1) is 6.92 Å². The van der Waals surface area contributed by atoms with Crippen LogP contribution in [-0.4, -0.2) is 25.5 Å². The summed E-state index contributed by atoms with van der Waals surface area (Å²) in [7, 11) is 1.86. The number of hydrogen-bond donors (Lipinski definition) is 2. The molecule has 0 aliphatic heterocycles. The molecule has 0 radical (unpaired) electrons. The SMILES string of the molecule is CNC(C)CNC(=O)c1cc2cccc(C)c2o1.Cl. The number of fused-ring (bicyclic) bond motifs is 1. The van der Waals surface area contributed by atoms with Gasteiger partial charge in [0.15, 0.2) is 5.76 Å².